The minimum Gasteiger partial charge on any atom is -0.297 e. The van der Waals surface area contributed by atoms with Gasteiger partial charge >= 0.3 is 0 Å². The second kappa shape index (κ2) is 3.92. The first kappa shape index (κ1) is 11.7. The SMILES string of the molecule is N#CCc1n[nH]c(=S)n1C12CC3CC(CC(C3)C1)C2. The average Bonchev–Trinajstić information content (AvgIpc) is 2.70. The Balaban J connectivity index is 1.82. The lowest BCUT2D eigenvalue weighted by Gasteiger charge is -2.57. The highest BCUT2D eigenvalue weighted by molar-refractivity contribution is 7.71. The van der Waals surface area contributed by atoms with Gasteiger partial charge in [-0.3, -0.25) is 9.67 Å². The zero-order valence-electron chi connectivity index (χ0n) is 10.9. The number of H-pyrrole nitrogens is 1. The van der Waals surface area contributed by atoms with Crippen molar-refractivity contribution in [1.82, 2.24) is 14.8 Å². The fourth-order valence-electron chi connectivity index (χ4n) is 5.35. The molecule has 1 N–H and O–H groups in total. The van der Waals surface area contributed by atoms with E-state index in [-0.39, 0.29) is 5.54 Å². The summed E-state index contributed by atoms with van der Waals surface area (Å²) in [4.78, 5) is 0. The summed E-state index contributed by atoms with van der Waals surface area (Å²) >= 11 is 5.46. The number of hydrogen-bond acceptors (Lipinski definition) is 3. The molecule has 0 atom stereocenters. The van der Waals surface area contributed by atoms with E-state index in [2.05, 4.69) is 20.8 Å². The fraction of sp³-hybridized carbons (Fsp3) is 0.786. The van der Waals surface area contributed by atoms with Crippen LogP contribution in [0.2, 0.25) is 0 Å². The van der Waals surface area contributed by atoms with Crippen molar-refractivity contribution in [2.45, 2.75) is 50.5 Å². The van der Waals surface area contributed by atoms with Gasteiger partial charge in [0.2, 0.25) is 0 Å². The van der Waals surface area contributed by atoms with Crippen LogP contribution in [0.3, 0.4) is 0 Å². The molecule has 100 valence electrons. The van der Waals surface area contributed by atoms with E-state index in [9.17, 15) is 0 Å². The van der Waals surface area contributed by atoms with E-state index < -0.39 is 0 Å². The summed E-state index contributed by atoms with van der Waals surface area (Å²) in [6.45, 7) is 0. The van der Waals surface area contributed by atoms with E-state index in [1.54, 1.807) is 0 Å². The third kappa shape index (κ3) is 1.62. The van der Waals surface area contributed by atoms with E-state index in [4.69, 9.17) is 17.5 Å². The Hall–Kier alpha value is -1.15. The van der Waals surface area contributed by atoms with E-state index >= 15 is 0 Å². The Kier molecular flexibility index (Phi) is 2.41. The second-order valence-corrected chi connectivity index (χ2v) is 7.14. The highest BCUT2D eigenvalue weighted by atomic mass is 32.1. The molecule has 5 heteroatoms. The summed E-state index contributed by atoms with van der Waals surface area (Å²) in [6.07, 6.45) is 8.32. The second-order valence-electron chi connectivity index (χ2n) is 6.76. The average molecular weight is 274 g/mol. The Morgan fingerprint density at radius 1 is 1.26 bits per heavy atom. The van der Waals surface area contributed by atoms with Gasteiger partial charge in [-0.1, -0.05) is 0 Å². The summed E-state index contributed by atoms with van der Waals surface area (Å²) < 4.78 is 2.93. The third-order valence-electron chi connectivity index (χ3n) is 5.46. The largest absolute Gasteiger partial charge is 0.297 e. The maximum atomic E-state index is 8.98. The van der Waals surface area contributed by atoms with E-state index in [1.807, 2.05) is 0 Å². The Labute approximate surface area is 117 Å². The molecule has 0 aromatic carbocycles. The maximum absolute atomic E-state index is 8.98. The van der Waals surface area contributed by atoms with Gasteiger partial charge in [0.05, 0.1) is 12.5 Å². The molecule has 5 rings (SSSR count). The van der Waals surface area contributed by atoms with Gasteiger partial charge in [0.25, 0.3) is 0 Å². The van der Waals surface area contributed by atoms with Gasteiger partial charge in [-0.15, -0.1) is 0 Å². The van der Waals surface area contributed by atoms with Crippen LogP contribution < -0.4 is 0 Å². The minimum atomic E-state index is 0.172. The lowest BCUT2D eigenvalue weighted by atomic mass is 9.53. The first-order valence-electron chi connectivity index (χ1n) is 7.24. The lowest BCUT2D eigenvalue weighted by Crippen LogP contribution is -2.52. The topological polar surface area (TPSA) is 57.4 Å². The number of nitrogens with one attached hydrogen (secondary N) is 1. The molecule has 1 aromatic rings. The molecule has 0 radical (unpaired) electrons. The molecule has 1 aromatic heterocycles. The van der Waals surface area contributed by atoms with Crippen LogP contribution in [0.5, 0.6) is 0 Å². The van der Waals surface area contributed by atoms with Crippen molar-refractivity contribution in [2.75, 3.05) is 0 Å². The minimum absolute atomic E-state index is 0.172. The quantitative estimate of drug-likeness (QED) is 0.844. The number of hydrogen-bond donors (Lipinski definition) is 1. The Bertz CT molecular complexity index is 570. The Morgan fingerprint density at radius 3 is 2.37 bits per heavy atom. The van der Waals surface area contributed by atoms with Crippen molar-refractivity contribution in [1.29, 1.82) is 5.26 Å². The predicted molar refractivity (Wildman–Crippen MR) is 72.9 cm³/mol. The standard InChI is InChI=1S/C14H18N4S/c15-2-1-12-16-17-13(19)18(12)14-6-9-3-10(7-14)5-11(4-9)8-14/h9-11H,1,3-8H2,(H,17,19). The van der Waals surface area contributed by atoms with Crippen molar-refractivity contribution in [2.24, 2.45) is 17.8 Å². The molecule has 19 heavy (non-hydrogen) atoms. The molecule has 0 saturated heterocycles. The number of aromatic nitrogens is 3. The highest BCUT2D eigenvalue weighted by Gasteiger charge is 2.52. The number of nitrogens with zero attached hydrogens (tertiary/aromatic N) is 3. The summed E-state index contributed by atoms with van der Waals surface area (Å²) in [5, 5.41) is 16.2. The summed E-state index contributed by atoms with van der Waals surface area (Å²) in [6, 6.07) is 2.22. The van der Waals surface area contributed by atoms with E-state index in [1.165, 1.54) is 38.5 Å². The van der Waals surface area contributed by atoms with Crippen LogP contribution in [0.4, 0.5) is 0 Å². The van der Waals surface area contributed by atoms with Gasteiger partial charge < -0.3 is 0 Å². The molecule has 1 heterocycles. The van der Waals surface area contributed by atoms with Crippen LogP contribution in [0.1, 0.15) is 44.3 Å². The lowest BCUT2D eigenvalue weighted by molar-refractivity contribution is -0.0450. The first-order valence-corrected chi connectivity index (χ1v) is 7.65. The molecule has 4 saturated carbocycles. The maximum Gasteiger partial charge on any atom is 0.195 e. The normalized spacial score (nSPS) is 39.4. The van der Waals surface area contributed by atoms with Gasteiger partial charge in [0.1, 0.15) is 5.82 Å². The van der Waals surface area contributed by atoms with E-state index in [0.29, 0.717) is 11.2 Å². The molecule has 4 aliphatic rings. The molecular weight excluding hydrogens is 256 g/mol. The highest BCUT2D eigenvalue weighted by Crippen LogP contribution is 2.59. The van der Waals surface area contributed by atoms with Gasteiger partial charge in [-0.25, -0.2) is 0 Å². The van der Waals surface area contributed by atoms with Gasteiger partial charge in [0.15, 0.2) is 4.77 Å². The van der Waals surface area contributed by atoms with Crippen LogP contribution >= 0.6 is 12.2 Å². The van der Waals surface area contributed by atoms with Crippen LogP contribution in [0, 0.1) is 33.9 Å². The van der Waals surface area contributed by atoms with Crippen molar-refractivity contribution >= 4 is 12.2 Å². The van der Waals surface area contributed by atoms with Crippen molar-refractivity contribution < 1.29 is 0 Å². The molecule has 0 amide bonds. The number of rotatable bonds is 2. The molecule has 0 spiro atoms. The van der Waals surface area contributed by atoms with Crippen LogP contribution in [0.15, 0.2) is 0 Å². The zero-order valence-corrected chi connectivity index (χ0v) is 11.7. The Morgan fingerprint density at radius 2 is 1.84 bits per heavy atom. The number of nitriles is 1. The van der Waals surface area contributed by atoms with Gasteiger partial charge in [0, 0.05) is 5.54 Å². The molecule has 4 bridgehead atoms. The molecule has 4 nitrogen and oxygen atoms in total. The van der Waals surface area contributed by atoms with Gasteiger partial charge in [-0.05, 0) is 68.5 Å². The predicted octanol–water partition coefficient (Wildman–Crippen LogP) is 2.93. The zero-order chi connectivity index (χ0) is 13.0. The van der Waals surface area contributed by atoms with Crippen molar-refractivity contribution in [3.63, 3.8) is 0 Å². The molecule has 4 aliphatic carbocycles. The number of aromatic amines is 1. The first-order chi connectivity index (χ1) is 9.20. The summed E-state index contributed by atoms with van der Waals surface area (Å²) in [5.74, 6) is 3.46. The van der Waals surface area contributed by atoms with Crippen LogP contribution in [-0.2, 0) is 12.0 Å². The molecule has 4 fully saturated rings. The molecule has 0 unspecified atom stereocenters. The van der Waals surface area contributed by atoms with Crippen LogP contribution in [-0.4, -0.2) is 14.8 Å². The van der Waals surface area contributed by atoms with Crippen LogP contribution in [0.25, 0.3) is 0 Å². The molecular formula is C14H18N4S. The smallest absolute Gasteiger partial charge is 0.195 e. The van der Waals surface area contributed by atoms with Gasteiger partial charge in [-0.2, -0.15) is 10.4 Å². The molecule has 0 aliphatic heterocycles. The van der Waals surface area contributed by atoms with Crippen molar-refractivity contribution in [3.05, 3.63) is 10.6 Å². The monoisotopic (exact) mass is 274 g/mol. The fourth-order valence-corrected chi connectivity index (χ4v) is 5.69. The third-order valence-corrected chi connectivity index (χ3v) is 5.73. The van der Waals surface area contributed by atoms with E-state index in [0.717, 1.165) is 23.6 Å². The summed E-state index contributed by atoms with van der Waals surface area (Å²) in [7, 11) is 0. The summed E-state index contributed by atoms with van der Waals surface area (Å²) in [5.41, 5.74) is 0.172. The van der Waals surface area contributed by atoms with Crippen molar-refractivity contribution in [3.8, 4) is 6.07 Å².